The Morgan fingerprint density at radius 2 is 1.82 bits per heavy atom. The van der Waals surface area contributed by atoms with Gasteiger partial charge in [-0.3, -0.25) is 0 Å². The van der Waals surface area contributed by atoms with Crippen LogP contribution in [-0.2, 0) is 0 Å². The van der Waals surface area contributed by atoms with E-state index < -0.39 is 12.6 Å². The van der Waals surface area contributed by atoms with Crippen LogP contribution in [0.5, 0.6) is 0 Å². The number of halogens is 4. The molecule has 0 saturated carbocycles. The Kier molecular flexibility index (Phi) is 4.76. The molecule has 0 amide bonds. The van der Waals surface area contributed by atoms with Crippen molar-refractivity contribution in [2.75, 3.05) is 0 Å². The minimum atomic E-state index is -5.03. The molecule has 0 fully saturated rings. The van der Waals surface area contributed by atoms with Crippen molar-refractivity contribution in [2.24, 2.45) is 0 Å². The first-order valence-corrected chi connectivity index (χ1v) is 2.83. The molecule has 7 heteroatoms. The Morgan fingerprint density at radius 1 is 1.27 bits per heavy atom. The first-order chi connectivity index (χ1) is 4.50. The second-order valence-electron chi connectivity index (χ2n) is 1.72. The van der Waals surface area contributed by atoms with E-state index in [0.717, 1.165) is 12.1 Å². The van der Waals surface area contributed by atoms with Gasteiger partial charge in [0, 0.05) is 5.66 Å². The zero-order chi connectivity index (χ0) is 7.78. The number of hydrogen-bond acceptors (Lipinski definition) is 1. The van der Waals surface area contributed by atoms with E-state index in [0.29, 0.717) is 0 Å². The van der Waals surface area contributed by atoms with Crippen LogP contribution in [0.15, 0.2) is 16.5 Å². The van der Waals surface area contributed by atoms with Gasteiger partial charge in [0.25, 0.3) is 0 Å². The maximum absolute atomic E-state index is 11.7. The summed E-state index contributed by atoms with van der Waals surface area (Å²) in [5.74, 6) is 0. The van der Waals surface area contributed by atoms with Gasteiger partial charge in [-0.1, -0.05) is 6.07 Å². The maximum atomic E-state index is 11.7. The molecule has 0 saturated heterocycles. The summed E-state index contributed by atoms with van der Waals surface area (Å²) < 4.78 is 39.3. The molecule has 1 aromatic heterocycles. The van der Waals surface area contributed by atoms with Gasteiger partial charge in [0.05, 0.1) is 0 Å². The Balaban J connectivity index is 0.000001000. The van der Waals surface area contributed by atoms with Crippen molar-refractivity contribution < 1.29 is 68.7 Å². The van der Waals surface area contributed by atoms with Gasteiger partial charge in [-0.05, 0) is 17.7 Å². The summed E-state index contributed by atoms with van der Waals surface area (Å²) in [6, 6.07) is 1.87. The fraction of sp³-hybridized carbons (Fsp3) is 0. The van der Waals surface area contributed by atoms with Gasteiger partial charge in [-0.2, -0.15) is 0 Å². The number of rotatable bonds is 1. The van der Waals surface area contributed by atoms with Crippen LogP contribution in [-0.4, -0.2) is 6.98 Å². The molecule has 0 atom stereocenters. The Morgan fingerprint density at radius 3 is 2.00 bits per heavy atom. The first-order valence-electron chi connectivity index (χ1n) is 2.45. The summed E-state index contributed by atoms with van der Waals surface area (Å²) in [6.45, 7) is -5.03. The van der Waals surface area contributed by atoms with Crippen LogP contribution in [0.4, 0.5) is 12.9 Å². The van der Waals surface area contributed by atoms with Gasteiger partial charge in [0.2, 0.25) is 0 Å². The van der Waals surface area contributed by atoms with E-state index in [1.54, 1.807) is 0 Å². The first kappa shape index (κ1) is 12.1. The molecule has 0 aromatic carbocycles. The van der Waals surface area contributed by atoms with E-state index in [2.05, 4.69) is 4.42 Å². The Labute approximate surface area is 109 Å². The van der Waals surface area contributed by atoms with Gasteiger partial charge in [-0.15, -0.1) is 0 Å². The van der Waals surface area contributed by atoms with Crippen LogP contribution in [0, 0.1) is 0 Å². The van der Waals surface area contributed by atoms with Crippen LogP contribution in [0.3, 0.4) is 0 Å². The molecule has 0 aliphatic heterocycles. The normalized spacial score (nSPS) is 10.9. The average molecular weight is 208 g/mol. The molecule has 0 unspecified atom stereocenters. The second kappa shape index (κ2) is 4.34. The summed E-state index contributed by atoms with van der Waals surface area (Å²) in [6.07, 6.45) is 0. The molecular weight excluding hydrogens is 206 g/mol. The Hall–Kier alpha value is 1.06. The minimum Gasteiger partial charge on any atom is -0.482 e. The van der Waals surface area contributed by atoms with E-state index in [-0.39, 0.29) is 56.6 Å². The third-order valence-corrected chi connectivity index (χ3v) is 1.12. The third kappa shape index (κ3) is 3.52. The molecule has 1 nitrogen and oxygen atoms in total. The monoisotopic (exact) mass is 208 g/mol. The predicted molar refractivity (Wildman–Crippen MR) is 32.4 cm³/mol. The van der Waals surface area contributed by atoms with Crippen molar-refractivity contribution in [2.45, 2.75) is 0 Å². The van der Waals surface area contributed by atoms with Gasteiger partial charge in [-0.25, -0.2) is 0 Å². The fourth-order valence-electron chi connectivity index (χ4n) is 0.504. The van der Waals surface area contributed by atoms with Crippen molar-refractivity contribution in [3.05, 3.63) is 17.4 Å². The molecule has 56 valence electrons. The van der Waals surface area contributed by atoms with E-state index >= 15 is 0 Å². The van der Waals surface area contributed by atoms with Gasteiger partial charge in [0.1, 0.15) is 0 Å². The van der Waals surface area contributed by atoms with E-state index in [1.807, 2.05) is 0 Å². The van der Waals surface area contributed by atoms with Crippen molar-refractivity contribution >= 4 is 24.2 Å². The SMILES string of the molecule is F[B-](F)(F)c1ccc(Cl)o1.[K+]. The van der Waals surface area contributed by atoms with Crippen LogP contribution in [0.2, 0.25) is 5.22 Å². The summed E-state index contributed by atoms with van der Waals surface area (Å²) in [7, 11) is 0. The molecule has 0 radical (unpaired) electrons. The van der Waals surface area contributed by atoms with Crippen molar-refractivity contribution in [1.29, 1.82) is 0 Å². The maximum Gasteiger partial charge on any atom is 1.00 e. The largest absolute Gasteiger partial charge is 1.00 e. The van der Waals surface area contributed by atoms with Gasteiger partial charge >= 0.3 is 58.4 Å². The molecule has 0 bridgehead atoms. The van der Waals surface area contributed by atoms with Crippen LogP contribution in [0.25, 0.3) is 0 Å². The van der Waals surface area contributed by atoms with Crippen LogP contribution < -0.4 is 57.0 Å². The molecule has 1 aromatic rings. The molecular formula is C4H2BClF3KO. The van der Waals surface area contributed by atoms with Crippen molar-refractivity contribution in [3.8, 4) is 0 Å². The van der Waals surface area contributed by atoms with E-state index in [9.17, 15) is 12.9 Å². The summed E-state index contributed by atoms with van der Waals surface area (Å²) >= 11 is 5.11. The van der Waals surface area contributed by atoms with Crippen LogP contribution >= 0.6 is 11.6 Å². The second-order valence-corrected chi connectivity index (χ2v) is 2.09. The predicted octanol–water partition coefficient (Wildman–Crippen LogP) is -1.01. The Bertz CT molecular complexity index is 235. The molecule has 0 spiro atoms. The quantitative estimate of drug-likeness (QED) is 0.539. The van der Waals surface area contributed by atoms with Gasteiger partial charge in [0.15, 0.2) is 5.22 Å². The van der Waals surface area contributed by atoms with Crippen molar-refractivity contribution in [1.82, 2.24) is 0 Å². The summed E-state index contributed by atoms with van der Waals surface area (Å²) in [5.41, 5.74) is -1.01. The molecule has 0 aliphatic rings. The summed E-state index contributed by atoms with van der Waals surface area (Å²) in [5, 5.41) is -0.241. The van der Waals surface area contributed by atoms with Crippen molar-refractivity contribution in [3.63, 3.8) is 0 Å². The molecule has 0 N–H and O–H groups in total. The molecule has 11 heavy (non-hydrogen) atoms. The standard InChI is InChI=1S/C4H2BClF3O.K/c6-4-2-1-3(10-4)5(7,8)9;/h1-2H;/q-1;+1. The zero-order valence-corrected chi connectivity index (χ0v) is 9.53. The smallest absolute Gasteiger partial charge is 0.482 e. The van der Waals surface area contributed by atoms with Gasteiger partial charge < -0.3 is 17.4 Å². The zero-order valence-electron chi connectivity index (χ0n) is 5.65. The molecule has 1 rings (SSSR count). The average Bonchev–Trinajstić information content (AvgIpc) is 2.11. The third-order valence-electron chi connectivity index (χ3n) is 0.917. The topological polar surface area (TPSA) is 13.1 Å². The minimum absolute atomic E-state index is 0. The number of hydrogen-bond donors (Lipinski definition) is 0. The molecule has 0 aliphatic carbocycles. The number of furan rings is 1. The van der Waals surface area contributed by atoms with Crippen LogP contribution in [0.1, 0.15) is 0 Å². The fourth-order valence-corrected chi connectivity index (χ4v) is 0.656. The van der Waals surface area contributed by atoms with E-state index in [4.69, 9.17) is 11.6 Å². The van der Waals surface area contributed by atoms with E-state index in [1.165, 1.54) is 0 Å². The summed E-state index contributed by atoms with van der Waals surface area (Å²) in [4.78, 5) is 0. The molecule has 1 heterocycles.